The zero-order valence-electron chi connectivity index (χ0n) is 16.1. The topological polar surface area (TPSA) is 18.5 Å². The van der Waals surface area contributed by atoms with Crippen LogP contribution >= 0.6 is 0 Å². The molecule has 0 aliphatic carbocycles. The minimum Gasteiger partial charge on any atom is -0.467 e. The van der Waals surface area contributed by atoms with E-state index in [0.29, 0.717) is 0 Å². The monoisotopic (exact) mass is 326 g/mol. The molecule has 0 heterocycles. The lowest BCUT2D eigenvalue weighted by molar-refractivity contribution is 0.0502. The van der Waals surface area contributed by atoms with Gasteiger partial charge in [-0.25, -0.2) is 0 Å². The predicted molar refractivity (Wildman–Crippen MR) is 102 cm³/mol. The minimum absolute atomic E-state index is 0.0200. The highest BCUT2D eigenvalue weighted by Gasteiger charge is 2.26. The van der Waals surface area contributed by atoms with E-state index in [1.54, 1.807) is 7.11 Å². The molecule has 2 aromatic rings. The molecule has 0 N–H and O–H groups in total. The summed E-state index contributed by atoms with van der Waals surface area (Å²) in [5.74, 6) is 0.920. The highest BCUT2D eigenvalue weighted by Crippen LogP contribution is 2.42. The summed E-state index contributed by atoms with van der Waals surface area (Å²) in [4.78, 5) is 0. The van der Waals surface area contributed by atoms with Crippen LogP contribution < -0.4 is 4.74 Å². The van der Waals surface area contributed by atoms with Crippen LogP contribution in [-0.4, -0.2) is 13.9 Å². The smallest absolute Gasteiger partial charge is 0.188 e. The molecule has 0 aromatic heterocycles. The van der Waals surface area contributed by atoms with Crippen molar-refractivity contribution >= 4 is 0 Å². The zero-order chi connectivity index (χ0) is 18.0. The zero-order valence-corrected chi connectivity index (χ0v) is 16.1. The minimum atomic E-state index is -0.0200. The van der Waals surface area contributed by atoms with Crippen LogP contribution in [0.4, 0.5) is 0 Å². The maximum atomic E-state index is 6.04. The van der Waals surface area contributed by atoms with E-state index in [4.69, 9.17) is 9.47 Å². The van der Waals surface area contributed by atoms with Gasteiger partial charge >= 0.3 is 0 Å². The largest absolute Gasteiger partial charge is 0.467 e. The van der Waals surface area contributed by atoms with Gasteiger partial charge in [-0.15, -0.1) is 0 Å². The molecule has 0 amide bonds. The predicted octanol–water partition coefficient (Wildman–Crippen LogP) is 5.93. The second-order valence-electron chi connectivity index (χ2n) is 8.32. The SMILES string of the molecule is COCOc1c(-c2ccccc2)cc(C(C)(C)C)cc1C(C)(C)C. The van der Waals surface area contributed by atoms with Crippen molar-refractivity contribution in [2.45, 2.75) is 52.4 Å². The van der Waals surface area contributed by atoms with Crippen LogP contribution in [0.2, 0.25) is 0 Å². The molecule has 130 valence electrons. The molecular weight excluding hydrogens is 296 g/mol. The number of rotatable bonds is 4. The Morgan fingerprint density at radius 3 is 1.96 bits per heavy atom. The van der Waals surface area contributed by atoms with Gasteiger partial charge in [0.15, 0.2) is 6.79 Å². The fourth-order valence-electron chi connectivity index (χ4n) is 2.72. The van der Waals surface area contributed by atoms with Crippen LogP contribution in [0.25, 0.3) is 11.1 Å². The lowest BCUT2D eigenvalue weighted by Gasteiger charge is -2.29. The summed E-state index contributed by atoms with van der Waals surface area (Å²) in [6.45, 7) is 13.7. The molecule has 0 unspecified atom stereocenters. The van der Waals surface area contributed by atoms with Crippen molar-refractivity contribution in [1.29, 1.82) is 0 Å². The van der Waals surface area contributed by atoms with E-state index in [9.17, 15) is 0 Å². The van der Waals surface area contributed by atoms with Crippen LogP contribution in [0.1, 0.15) is 52.7 Å². The highest BCUT2D eigenvalue weighted by molar-refractivity contribution is 5.74. The van der Waals surface area contributed by atoms with E-state index < -0.39 is 0 Å². The number of hydrogen-bond donors (Lipinski definition) is 0. The molecule has 2 aromatic carbocycles. The molecule has 0 saturated carbocycles. The maximum Gasteiger partial charge on any atom is 0.188 e. The fourth-order valence-corrected chi connectivity index (χ4v) is 2.72. The van der Waals surface area contributed by atoms with Crippen molar-refractivity contribution in [3.8, 4) is 16.9 Å². The Kier molecular flexibility index (Phi) is 5.39. The second kappa shape index (κ2) is 6.98. The Morgan fingerprint density at radius 2 is 1.46 bits per heavy atom. The van der Waals surface area contributed by atoms with Gasteiger partial charge in [-0.2, -0.15) is 0 Å². The van der Waals surface area contributed by atoms with Gasteiger partial charge in [0.05, 0.1) is 0 Å². The molecule has 0 bridgehead atoms. The van der Waals surface area contributed by atoms with Crippen molar-refractivity contribution in [2.75, 3.05) is 13.9 Å². The normalized spacial score (nSPS) is 12.3. The van der Waals surface area contributed by atoms with E-state index >= 15 is 0 Å². The van der Waals surface area contributed by atoms with Gasteiger partial charge in [-0.05, 0) is 28.0 Å². The number of hydrogen-bond acceptors (Lipinski definition) is 2. The Balaban J connectivity index is 2.77. The Hall–Kier alpha value is -1.80. The van der Waals surface area contributed by atoms with Gasteiger partial charge < -0.3 is 9.47 Å². The first-order chi connectivity index (χ1) is 11.1. The summed E-state index contributed by atoms with van der Waals surface area (Å²) < 4.78 is 11.2. The third-order valence-corrected chi connectivity index (χ3v) is 4.17. The lowest BCUT2D eigenvalue weighted by Crippen LogP contribution is -2.19. The third-order valence-electron chi connectivity index (χ3n) is 4.17. The summed E-state index contributed by atoms with van der Waals surface area (Å²) in [5.41, 5.74) is 4.88. The molecule has 0 radical (unpaired) electrons. The molecule has 0 aliphatic heterocycles. The maximum absolute atomic E-state index is 6.04. The Morgan fingerprint density at radius 1 is 0.833 bits per heavy atom. The van der Waals surface area contributed by atoms with Crippen molar-refractivity contribution in [2.24, 2.45) is 0 Å². The van der Waals surface area contributed by atoms with Crippen LogP contribution in [0.3, 0.4) is 0 Å². The van der Waals surface area contributed by atoms with E-state index in [0.717, 1.165) is 11.3 Å². The quantitative estimate of drug-likeness (QED) is 0.648. The summed E-state index contributed by atoms with van der Waals surface area (Å²) >= 11 is 0. The average Bonchev–Trinajstić information content (AvgIpc) is 2.51. The number of methoxy groups -OCH3 is 1. The van der Waals surface area contributed by atoms with E-state index in [1.165, 1.54) is 16.7 Å². The van der Waals surface area contributed by atoms with Gasteiger partial charge in [-0.1, -0.05) is 77.9 Å². The highest BCUT2D eigenvalue weighted by atomic mass is 16.7. The summed E-state index contributed by atoms with van der Waals surface area (Å²) in [7, 11) is 1.66. The van der Waals surface area contributed by atoms with E-state index in [-0.39, 0.29) is 17.6 Å². The standard InChI is InChI=1S/C22H30O2/c1-21(2,3)17-13-18(16-11-9-8-10-12-16)20(24-15-23-7)19(14-17)22(4,5)6/h8-14H,15H2,1-7H3. The van der Waals surface area contributed by atoms with Crippen LogP contribution in [0.5, 0.6) is 5.75 Å². The molecule has 2 nitrogen and oxygen atoms in total. The fraction of sp³-hybridized carbons (Fsp3) is 0.455. The second-order valence-corrected chi connectivity index (χ2v) is 8.32. The van der Waals surface area contributed by atoms with Crippen LogP contribution in [0, 0.1) is 0 Å². The molecule has 0 spiro atoms. The summed E-state index contributed by atoms with van der Waals surface area (Å²) in [6, 6.07) is 15.0. The van der Waals surface area contributed by atoms with E-state index in [1.807, 2.05) is 6.07 Å². The van der Waals surface area contributed by atoms with Crippen molar-refractivity contribution < 1.29 is 9.47 Å². The third kappa shape index (κ3) is 4.18. The number of ether oxygens (including phenoxy) is 2. The molecule has 0 saturated heterocycles. The van der Waals surface area contributed by atoms with Crippen molar-refractivity contribution in [1.82, 2.24) is 0 Å². The summed E-state index contributed by atoms with van der Waals surface area (Å²) in [6.07, 6.45) is 0. The number of benzene rings is 2. The van der Waals surface area contributed by atoms with Crippen LogP contribution in [-0.2, 0) is 15.6 Å². The molecule has 2 rings (SSSR count). The molecule has 0 atom stereocenters. The Labute approximate surface area is 146 Å². The van der Waals surface area contributed by atoms with Gasteiger partial charge in [0.2, 0.25) is 0 Å². The molecule has 2 heteroatoms. The molecule has 0 fully saturated rings. The molecular formula is C22H30O2. The first-order valence-corrected chi connectivity index (χ1v) is 8.51. The first-order valence-electron chi connectivity index (χ1n) is 8.51. The summed E-state index contributed by atoms with van der Waals surface area (Å²) in [5, 5.41) is 0. The van der Waals surface area contributed by atoms with Gasteiger partial charge in [0.1, 0.15) is 5.75 Å². The Bertz CT molecular complexity index is 674. The van der Waals surface area contributed by atoms with Crippen molar-refractivity contribution in [3.63, 3.8) is 0 Å². The van der Waals surface area contributed by atoms with Crippen LogP contribution in [0.15, 0.2) is 42.5 Å². The lowest BCUT2D eigenvalue weighted by atomic mass is 9.78. The van der Waals surface area contributed by atoms with Gasteiger partial charge in [0, 0.05) is 18.2 Å². The van der Waals surface area contributed by atoms with Crippen molar-refractivity contribution in [3.05, 3.63) is 53.6 Å². The van der Waals surface area contributed by atoms with Gasteiger partial charge in [0.25, 0.3) is 0 Å². The molecule has 24 heavy (non-hydrogen) atoms. The van der Waals surface area contributed by atoms with Gasteiger partial charge in [-0.3, -0.25) is 0 Å². The average molecular weight is 326 g/mol. The first kappa shape index (κ1) is 18.5. The molecule has 0 aliphatic rings. The van der Waals surface area contributed by atoms with E-state index in [2.05, 4.69) is 77.9 Å².